The van der Waals surface area contributed by atoms with E-state index in [-0.39, 0.29) is 6.04 Å². The molecule has 18 heavy (non-hydrogen) atoms. The van der Waals surface area contributed by atoms with E-state index in [1.165, 1.54) is 11.3 Å². The predicted octanol–water partition coefficient (Wildman–Crippen LogP) is 1.44. The molecule has 0 fully saturated rings. The van der Waals surface area contributed by atoms with Crippen LogP contribution in [0.15, 0.2) is 17.5 Å². The van der Waals surface area contributed by atoms with Gasteiger partial charge in [0.15, 0.2) is 5.82 Å². The van der Waals surface area contributed by atoms with Gasteiger partial charge in [0.1, 0.15) is 11.6 Å². The molecule has 3 heterocycles. The lowest BCUT2D eigenvalue weighted by molar-refractivity contribution is 0.176. The number of aromatic nitrogens is 4. The van der Waals surface area contributed by atoms with Crippen molar-refractivity contribution in [3.8, 4) is 0 Å². The van der Waals surface area contributed by atoms with Crippen molar-refractivity contribution in [3.05, 3.63) is 33.2 Å². The van der Waals surface area contributed by atoms with E-state index in [1.807, 2.05) is 17.5 Å². The summed E-state index contributed by atoms with van der Waals surface area (Å²) in [6.07, 6.45) is 0. The van der Waals surface area contributed by atoms with E-state index in [4.69, 9.17) is 10.5 Å². The van der Waals surface area contributed by atoms with Crippen LogP contribution in [-0.2, 0) is 11.3 Å². The average Bonchev–Trinajstić information content (AvgIpc) is 3.05. The van der Waals surface area contributed by atoms with E-state index in [0.717, 1.165) is 14.8 Å². The molecule has 0 aromatic carbocycles. The van der Waals surface area contributed by atoms with Crippen LogP contribution in [0.4, 0.5) is 0 Å². The van der Waals surface area contributed by atoms with E-state index in [0.29, 0.717) is 12.4 Å². The summed E-state index contributed by atoms with van der Waals surface area (Å²) in [5.74, 6) is 0.688. The zero-order chi connectivity index (χ0) is 12.5. The van der Waals surface area contributed by atoms with Crippen molar-refractivity contribution in [2.24, 2.45) is 5.73 Å². The van der Waals surface area contributed by atoms with Crippen LogP contribution in [0.2, 0.25) is 0 Å². The van der Waals surface area contributed by atoms with E-state index >= 15 is 0 Å². The third-order valence-corrected chi connectivity index (χ3v) is 4.40. The molecule has 94 valence electrons. The molecule has 0 bridgehead atoms. The molecule has 3 aromatic heterocycles. The Labute approximate surface area is 111 Å². The molecule has 0 aliphatic heterocycles. The summed E-state index contributed by atoms with van der Waals surface area (Å²) in [4.78, 5) is 1.83. The molecule has 6 nitrogen and oxygen atoms in total. The predicted molar refractivity (Wildman–Crippen MR) is 69.7 cm³/mol. The van der Waals surface area contributed by atoms with Crippen LogP contribution in [0.3, 0.4) is 0 Å². The first-order valence-electron chi connectivity index (χ1n) is 5.28. The van der Waals surface area contributed by atoms with Crippen molar-refractivity contribution >= 4 is 27.6 Å². The molecule has 0 amide bonds. The normalized spacial score (nSPS) is 13.2. The molecule has 1 unspecified atom stereocenters. The molecular formula is C10H11N5OS2. The first kappa shape index (κ1) is 11.7. The van der Waals surface area contributed by atoms with Gasteiger partial charge in [-0.3, -0.25) is 0 Å². The summed E-state index contributed by atoms with van der Waals surface area (Å²) in [6, 6.07) is 3.79. The maximum atomic E-state index is 6.17. The second-order valence-corrected chi connectivity index (χ2v) is 5.64. The summed E-state index contributed by atoms with van der Waals surface area (Å²) in [6.45, 7) is 0.387. The maximum absolute atomic E-state index is 6.17. The van der Waals surface area contributed by atoms with Crippen molar-refractivity contribution in [2.45, 2.75) is 12.6 Å². The average molecular weight is 281 g/mol. The minimum Gasteiger partial charge on any atom is -0.377 e. The van der Waals surface area contributed by atoms with Gasteiger partial charge in [0.2, 0.25) is 4.96 Å². The highest BCUT2D eigenvalue weighted by Gasteiger charge is 2.18. The third-order valence-electron chi connectivity index (χ3n) is 2.46. The Morgan fingerprint density at radius 1 is 1.50 bits per heavy atom. The molecule has 0 radical (unpaired) electrons. The van der Waals surface area contributed by atoms with Crippen LogP contribution in [0.5, 0.6) is 0 Å². The van der Waals surface area contributed by atoms with Gasteiger partial charge in [-0.05, 0) is 11.4 Å². The van der Waals surface area contributed by atoms with E-state index in [9.17, 15) is 0 Å². The molecule has 8 heteroatoms. The number of hydrogen-bond donors (Lipinski definition) is 1. The molecule has 0 aliphatic rings. The molecule has 2 N–H and O–H groups in total. The summed E-state index contributed by atoms with van der Waals surface area (Å²) in [5, 5.41) is 15.4. The minimum atomic E-state index is -0.202. The monoisotopic (exact) mass is 281 g/mol. The van der Waals surface area contributed by atoms with Crippen LogP contribution < -0.4 is 5.73 Å². The van der Waals surface area contributed by atoms with E-state index in [1.54, 1.807) is 23.0 Å². The lowest BCUT2D eigenvalue weighted by Crippen LogP contribution is -2.10. The number of nitrogens with two attached hydrogens (primary N) is 1. The summed E-state index contributed by atoms with van der Waals surface area (Å²) in [7, 11) is 1.62. The Morgan fingerprint density at radius 3 is 3.11 bits per heavy atom. The SMILES string of the molecule is COCc1nnc2sc(C(N)c3cccs3)nn12. The first-order valence-corrected chi connectivity index (χ1v) is 6.98. The number of fused-ring (bicyclic) bond motifs is 1. The fourth-order valence-corrected chi connectivity index (χ4v) is 3.29. The number of hydrogen-bond acceptors (Lipinski definition) is 7. The standard InChI is InChI=1S/C10H11N5OS2/c1-16-5-7-12-13-10-15(7)14-9(18-10)8(11)6-3-2-4-17-6/h2-4,8H,5,11H2,1H3. The Balaban J connectivity index is 1.98. The number of nitrogens with zero attached hydrogens (tertiary/aromatic N) is 4. The van der Waals surface area contributed by atoms with E-state index in [2.05, 4.69) is 15.3 Å². The number of rotatable bonds is 4. The van der Waals surface area contributed by atoms with Crippen LogP contribution in [0, 0.1) is 0 Å². The molecule has 0 saturated heterocycles. The van der Waals surface area contributed by atoms with Gasteiger partial charge in [0.25, 0.3) is 0 Å². The van der Waals surface area contributed by atoms with Gasteiger partial charge in [-0.2, -0.15) is 9.61 Å². The van der Waals surface area contributed by atoms with E-state index < -0.39 is 0 Å². The van der Waals surface area contributed by atoms with Crippen LogP contribution in [0.25, 0.3) is 4.96 Å². The quantitative estimate of drug-likeness (QED) is 0.783. The second kappa shape index (κ2) is 4.73. The largest absolute Gasteiger partial charge is 0.377 e. The van der Waals surface area contributed by atoms with Gasteiger partial charge in [0, 0.05) is 12.0 Å². The number of methoxy groups -OCH3 is 1. The number of thiophene rings is 1. The van der Waals surface area contributed by atoms with Crippen molar-refractivity contribution in [1.29, 1.82) is 0 Å². The smallest absolute Gasteiger partial charge is 0.234 e. The Bertz CT molecular complexity index is 644. The fraction of sp³-hybridized carbons (Fsp3) is 0.300. The topological polar surface area (TPSA) is 78.3 Å². The maximum Gasteiger partial charge on any atom is 0.234 e. The summed E-state index contributed by atoms with van der Waals surface area (Å²) in [5.41, 5.74) is 6.17. The number of ether oxygens (including phenoxy) is 1. The van der Waals surface area contributed by atoms with Crippen LogP contribution >= 0.6 is 22.7 Å². The first-order chi connectivity index (χ1) is 8.79. The molecule has 0 saturated carbocycles. The Kier molecular flexibility index (Phi) is 3.08. The van der Waals surface area contributed by atoms with Crippen molar-refractivity contribution in [1.82, 2.24) is 19.8 Å². The fourth-order valence-electron chi connectivity index (χ4n) is 1.61. The molecule has 0 aliphatic carbocycles. The van der Waals surface area contributed by atoms with Crippen molar-refractivity contribution in [3.63, 3.8) is 0 Å². The minimum absolute atomic E-state index is 0.202. The van der Waals surface area contributed by atoms with Gasteiger partial charge >= 0.3 is 0 Å². The highest BCUT2D eigenvalue weighted by atomic mass is 32.1. The van der Waals surface area contributed by atoms with Gasteiger partial charge in [-0.15, -0.1) is 21.5 Å². The molecule has 1 atom stereocenters. The Hall–Kier alpha value is -1.35. The van der Waals surface area contributed by atoms with Gasteiger partial charge in [0.05, 0.1) is 6.04 Å². The van der Waals surface area contributed by atoms with Crippen molar-refractivity contribution in [2.75, 3.05) is 7.11 Å². The van der Waals surface area contributed by atoms with Crippen molar-refractivity contribution < 1.29 is 4.74 Å². The summed E-state index contributed by atoms with van der Waals surface area (Å²) < 4.78 is 6.74. The van der Waals surface area contributed by atoms with Gasteiger partial charge in [-0.1, -0.05) is 17.4 Å². The second-order valence-electron chi connectivity index (χ2n) is 3.68. The highest BCUT2D eigenvalue weighted by Crippen LogP contribution is 2.27. The zero-order valence-electron chi connectivity index (χ0n) is 9.61. The third kappa shape index (κ3) is 1.93. The molecule has 0 spiro atoms. The molecular weight excluding hydrogens is 270 g/mol. The lowest BCUT2D eigenvalue weighted by atomic mass is 10.3. The van der Waals surface area contributed by atoms with Gasteiger partial charge < -0.3 is 10.5 Å². The zero-order valence-corrected chi connectivity index (χ0v) is 11.2. The van der Waals surface area contributed by atoms with Crippen LogP contribution in [-0.4, -0.2) is 26.9 Å². The highest BCUT2D eigenvalue weighted by molar-refractivity contribution is 7.17. The van der Waals surface area contributed by atoms with Gasteiger partial charge in [-0.25, -0.2) is 0 Å². The molecule has 3 aromatic rings. The lowest BCUT2D eigenvalue weighted by Gasteiger charge is -2.03. The Morgan fingerprint density at radius 2 is 2.39 bits per heavy atom. The van der Waals surface area contributed by atoms with Crippen LogP contribution in [0.1, 0.15) is 21.8 Å². The summed E-state index contributed by atoms with van der Waals surface area (Å²) >= 11 is 3.08. The molecule has 3 rings (SSSR count).